The van der Waals surface area contributed by atoms with Crippen LogP contribution in [0.15, 0.2) is 40.2 Å². The number of aryl methyl sites for hydroxylation is 1. The fourth-order valence-electron chi connectivity index (χ4n) is 3.91. The van der Waals surface area contributed by atoms with Crippen molar-refractivity contribution in [1.82, 2.24) is 9.97 Å². The Bertz CT molecular complexity index is 1230. The van der Waals surface area contributed by atoms with Gasteiger partial charge in [0.2, 0.25) is 5.91 Å². The zero-order chi connectivity index (χ0) is 28.7. The molecular weight excluding hydrogens is 544 g/mol. The Morgan fingerprint density at radius 2 is 1.77 bits per heavy atom. The van der Waals surface area contributed by atoms with E-state index in [2.05, 4.69) is 15.3 Å². The molecule has 1 saturated heterocycles. The SMILES string of the molecule is CCCC(CCC)C(=O)Nc1nc(=O)[nH]cc1[C@@H]1O[C@H](CO)[C@@H](O)C1(F)F.Cc1ccc(S(=O)(=O)O)cc1.O. The lowest BCUT2D eigenvalue weighted by Crippen LogP contribution is -2.38. The van der Waals surface area contributed by atoms with Crippen molar-refractivity contribution >= 4 is 21.8 Å². The molecule has 220 valence electrons. The van der Waals surface area contributed by atoms with Gasteiger partial charge >= 0.3 is 11.6 Å². The van der Waals surface area contributed by atoms with Crippen LogP contribution < -0.4 is 11.0 Å². The number of H-pyrrole nitrogens is 1. The first-order valence-corrected chi connectivity index (χ1v) is 13.5. The number of nitrogens with one attached hydrogen (secondary N) is 2. The van der Waals surface area contributed by atoms with Gasteiger partial charge in [-0.3, -0.25) is 9.35 Å². The monoisotopic (exact) mass is 579 g/mol. The predicted molar refractivity (Wildman–Crippen MR) is 137 cm³/mol. The van der Waals surface area contributed by atoms with Crippen molar-refractivity contribution in [1.29, 1.82) is 0 Å². The van der Waals surface area contributed by atoms with Crippen LogP contribution in [0, 0.1) is 12.8 Å². The van der Waals surface area contributed by atoms with Gasteiger partial charge in [0.05, 0.1) is 11.5 Å². The molecule has 3 atom stereocenters. The van der Waals surface area contributed by atoms with Gasteiger partial charge in [-0.15, -0.1) is 0 Å². The second kappa shape index (κ2) is 14.5. The number of aromatic nitrogens is 2. The normalized spacial score (nSPS) is 20.1. The second-order valence-corrected chi connectivity index (χ2v) is 10.3. The first-order valence-electron chi connectivity index (χ1n) is 12.0. The zero-order valence-electron chi connectivity index (χ0n) is 21.7. The average molecular weight is 580 g/mol. The highest BCUT2D eigenvalue weighted by Crippen LogP contribution is 2.46. The molecule has 0 radical (unpaired) electrons. The summed E-state index contributed by atoms with van der Waals surface area (Å²) in [5, 5.41) is 21.3. The van der Waals surface area contributed by atoms with E-state index in [1.165, 1.54) is 12.1 Å². The van der Waals surface area contributed by atoms with E-state index in [1.807, 2.05) is 20.8 Å². The van der Waals surface area contributed by atoms with Crippen LogP contribution in [0.2, 0.25) is 0 Å². The summed E-state index contributed by atoms with van der Waals surface area (Å²) in [7, 11) is -4.02. The van der Waals surface area contributed by atoms with E-state index in [4.69, 9.17) is 14.4 Å². The standard InChI is InChI=1S/C17H25F2N3O5.C7H8O3S.H2O/c1-3-5-9(6-4-2)15(25)21-14-10(7-20-16(26)22-14)13-17(18,19)12(24)11(8-23)27-13;1-6-2-4-7(5-3-6)11(8,9)10;/h7,9,11-13,23-24H,3-6,8H2,1-2H3,(H2,20,21,22,25,26);2-5H,1H3,(H,8,9,10);1H2/t11-,12-,13+;;/m1../s1. The van der Waals surface area contributed by atoms with E-state index in [-0.39, 0.29) is 27.7 Å². The van der Waals surface area contributed by atoms with Crippen molar-refractivity contribution in [2.75, 3.05) is 11.9 Å². The molecule has 1 fully saturated rings. The van der Waals surface area contributed by atoms with Gasteiger partial charge in [-0.25, -0.2) is 13.6 Å². The molecule has 3 rings (SSSR count). The lowest BCUT2D eigenvalue weighted by Gasteiger charge is -2.22. The molecule has 2 heterocycles. The van der Waals surface area contributed by atoms with Gasteiger partial charge in [0.15, 0.2) is 6.10 Å². The largest absolute Gasteiger partial charge is 0.412 e. The lowest BCUT2D eigenvalue weighted by atomic mass is 9.97. The number of alkyl halides is 2. The minimum Gasteiger partial charge on any atom is -0.412 e. The molecule has 7 N–H and O–H groups in total. The van der Waals surface area contributed by atoms with Crippen LogP contribution in [0.1, 0.15) is 56.8 Å². The number of aliphatic hydroxyl groups excluding tert-OH is 2. The number of anilines is 1. The molecule has 15 heteroatoms. The average Bonchev–Trinajstić information content (AvgIpc) is 3.07. The Kier molecular flexibility index (Phi) is 12.7. The van der Waals surface area contributed by atoms with Crippen molar-refractivity contribution in [3.05, 3.63) is 52.1 Å². The molecule has 2 aromatic rings. The molecular formula is C24H35F2N3O9S. The maximum atomic E-state index is 14.4. The van der Waals surface area contributed by atoms with Gasteiger partial charge in [-0.2, -0.15) is 13.4 Å². The van der Waals surface area contributed by atoms with Gasteiger partial charge < -0.3 is 30.7 Å². The maximum absolute atomic E-state index is 14.4. The molecule has 0 saturated carbocycles. The molecule has 0 spiro atoms. The number of hydrogen-bond acceptors (Lipinski definition) is 8. The van der Waals surface area contributed by atoms with Crippen molar-refractivity contribution in [3.63, 3.8) is 0 Å². The molecule has 1 aromatic heterocycles. The zero-order valence-corrected chi connectivity index (χ0v) is 22.5. The van der Waals surface area contributed by atoms with Crippen molar-refractivity contribution in [2.24, 2.45) is 5.92 Å². The van der Waals surface area contributed by atoms with Gasteiger partial charge in [-0.05, 0) is 31.9 Å². The van der Waals surface area contributed by atoms with E-state index in [0.29, 0.717) is 12.8 Å². The number of carbonyl (C=O) groups is 1. The topological polar surface area (TPSA) is 210 Å². The Morgan fingerprint density at radius 3 is 2.23 bits per heavy atom. The first kappa shape index (κ1) is 34.2. The lowest BCUT2D eigenvalue weighted by molar-refractivity contribution is -0.120. The third-order valence-corrected chi connectivity index (χ3v) is 6.78. The van der Waals surface area contributed by atoms with Crippen LogP contribution in [-0.2, 0) is 19.6 Å². The minimum absolute atomic E-state index is 0. The van der Waals surface area contributed by atoms with Crippen LogP contribution in [0.3, 0.4) is 0 Å². The van der Waals surface area contributed by atoms with Crippen LogP contribution in [0.5, 0.6) is 0 Å². The minimum atomic E-state index is -4.02. The molecule has 1 aliphatic rings. The van der Waals surface area contributed by atoms with Gasteiger partial charge in [-0.1, -0.05) is 44.4 Å². The van der Waals surface area contributed by atoms with Crippen molar-refractivity contribution < 1.29 is 47.0 Å². The number of carbonyl (C=O) groups excluding carboxylic acids is 1. The molecule has 0 bridgehead atoms. The third kappa shape index (κ3) is 8.84. The predicted octanol–water partition coefficient (Wildman–Crippen LogP) is 1.77. The van der Waals surface area contributed by atoms with Crippen LogP contribution in [0.4, 0.5) is 14.6 Å². The highest BCUT2D eigenvalue weighted by atomic mass is 32.2. The summed E-state index contributed by atoms with van der Waals surface area (Å²) in [4.78, 5) is 29.8. The quantitative estimate of drug-likeness (QED) is 0.274. The van der Waals surface area contributed by atoms with Gasteiger partial charge in [0.25, 0.3) is 10.1 Å². The maximum Gasteiger partial charge on any atom is 0.346 e. The third-order valence-electron chi connectivity index (χ3n) is 5.91. The van der Waals surface area contributed by atoms with Crippen molar-refractivity contribution in [3.8, 4) is 0 Å². The number of ether oxygens (including phenoxy) is 1. The number of aromatic amines is 1. The smallest absolute Gasteiger partial charge is 0.346 e. The highest BCUT2D eigenvalue weighted by Gasteiger charge is 2.59. The second-order valence-electron chi connectivity index (χ2n) is 8.92. The Balaban J connectivity index is 0.000000532. The molecule has 1 aliphatic heterocycles. The van der Waals surface area contributed by atoms with E-state index < -0.39 is 52.6 Å². The summed E-state index contributed by atoms with van der Waals surface area (Å²) in [5.41, 5.74) is -0.135. The number of amides is 1. The van der Waals surface area contributed by atoms with Gasteiger partial charge in [0, 0.05) is 17.7 Å². The van der Waals surface area contributed by atoms with Gasteiger partial charge in [0.1, 0.15) is 18.0 Å². The van der Waals surface area contributed by atoms with Crippen LogP contribution in [0.25, 0.3) is 0 Å². The Hall–Kier alpha value is -2.82. The fraction of sp³-hybridized carbons (Fsp3) is 0.542. The molecule has 12 nitrogen and oxygen atoms in total. The fourth-order valence-corrected chi connectivity index (χ4v) is 4.39. The number of rotatable bonds is 9. The van der Waals surface area contributed by atoms with E-state index in [9.17, 15) is 31.9 Å². The Labute approximate surface area is 224 Å². The summed E-state index contributed by atoms with van der Waals surface area (Å²) >= 11 is 0. The number of hydrogen-bond donors (Lipinski definition) is 5. The van der Waals surface area contributed by atoms with Crippen molar-refractivity contribution in [2.45, 2.75) is 75.6 Å². The molecule has 39 heavy (non-hydrogen) atoms. The number of aliphatic hydroxyl groups is 2. The van der Waals surface area contributed by atoms with Crippen LogP contribution >= 0.6 is 0 Å². The number of benzene rings is 1. The van der Waals surface area contributed by atoms with E-state index in [1.54, 1.807) is 12.1 Å². The summed E-state index contributed by atoms with van der Waals surface area (Å²) in [6.45, 7) is 4.89. The molecule has 0 aliphatic carbocycles. The summed E-state index contributed by atoms with van der Waals surface area (Å²) < 4.78 is 63.5. The number of halogens is 2. The molecule has 0 unspecified atom stereocenters. The first-order chi connectivity index (χ1) is 17.8. The highest BCUT2D eigenvalue weighted by molar-refractivity contribution is 7.85. The summed E-state index contributed by atoms with van der Waals surface area (Å²) in [6, 6.07) is 5.99. The summed E-state index contributed by atoms with van der Waals surface area (Å²) in [5.74, 6) is -4.83. The van der Waals surface area contributed by atoms with E-state index >= 15 is 0 Å². The molecule has 1 aromatic carbocycles. The summed E-state index contributed by atoms with van der Waals surface area (Å²) in [6.07, 6.45) is -1.96. The van der Waals surface area contributed by atoms with Crippen LogP contribution in [-0.4, -0.2) is 69.3 Å². The Morgan fingerprint density at radius 1 is 1.21 bits per heavy atom. The number of nitrogens with zero attached hydrogens (tertiary/aromatic N) is 1. The molecule has 1 amide bonds. The van der Waals surface area contributed by atoms with E-state index in [0.717, 1.165) is 24.6 Å².